The van der Waals surface area contributed by atoms with Gasteiger partial charge in [-0.1, -0.05) is 42.1 Å². The van der Waals surface area contributed by atoms with Crippen molar-refractivity contribution >= 4 is 11.8 Å². The number of hydrogen-bond acceptors (Lipinski definition) is 4. The number of nitrogens with two attached hydrogens (primary N) is 1. The minimum atomic E-state index is 0.621. The molecule has 19 heavy (non-hydrogen) atoms. The molecular formula is C14H20N4S. The molecule has 2 rings (SSSR count). The van der Waals surface area contributed by atoms with Gasteiger partial charge in [-0.25, -0.2) is 0 Å². The van der Waals surface area contributed by atoms with Gasteiger partial charge in [0, 0.05) is 18.8 Å². The van der Waals surface area contributed by atoms with E-state index in [4.69, 9.17) is 5.73 Å². The Morgan fingerprint density at radius 3 is 2.74 bits per heavy atom. The molecule has 0 bridgehead atoms. The van der Waals surface area contributed by atoms with E-state index in [1.807, 2.05) is 6.92 Å². The zero-order valence-electron chi connectivity index (χ0n) is 11.2. The van der Waals surface area contributed by atoms with Gasteiger partial charge in [0.2, 0.25) is 0 Å². The average molecular weight is 276 g/mol. The molecule has 0 atom stereocenters. The smallest absolute Gasteiger partial charge is 0.191 e. The molecule has 0 saturated heterocycles. The van der Waals surface area contributed by atoms with Crippen LogP contribution < -0.4 is 5.73 Å². The fraction of sp³-hybridized carbons (Fsp3) is 0.429. The molecule has 0 unspecified atom stereocenters. The molecule has 2 aromatic rings. The summed E-state index contributed by atoms with van der Waals surface area (Å²) in [5.41, 5.74) is 6.99. The van der Waals surface area contributed by atoms with Crippen LogP contribution in [-0.4, -0.2) is 27.1 Å². The summed E-state index contributed by atoms with van der Waals surface area (Å²) in [5, 5.41) is 9.29. The highest BCUT2D eigenvalue weighted by Crippen LogP contribution is 2.18. The third kappa shape index (κ3) is 4.08. The predicted octanol–water partition coefficient (Wildman–Crippen LogP) is 2.27. The molecule has 0 fully saturated rings. The predicted molar refractivity (Wildman–Crippen MR) is 79.3 cm³/mol. The maximum atomic E-state index is 5.60. The highest BCUT2D eigenvalue weighted by molar-refractivity contribution is 7.99. The fourth-order valence-electron chi connectivity index (χ4n) is 1.94. The summed E-state index contributed by atoms with van der Waals surface area (Å²) < 4.78 is 2.09. The molecule has 0 radical (unpaired) electrons. The monoisotopic (exact) mass is 276 g/mol. The SMILES string of the molecule is Cc1nnc(SCCCc2ccccc2)n1CCN. The zero-order chi connectivity index (χ0) is 13.5. The molecule has 1 aromatic heterocycles. The number of nitrogens with zero attached hydrogens (tertiary/aromatic N) is 3. The summed E-state index contributed by atoms with van der Waals surface area (Å²) in [5.74, 6) is 1.99. The van der Waals surface area contributed by atoms with Gasteiger partial charge in [0.25, 0.3) is 0 Å². The van der Waals surface area contributed by atoms with Crippen molar-refractivity contribution in [2.45, 2.75) is 31.5 Å². The standard InChI is InChI=1S/C14H20N4S/c1-12-16-17-14(18(12)10-9-15)19-11-5-8-13-6-3-2-4-7-13/h2-4,6-7H,5,8-11,15H2,1H3. The van der Waals surface area contributed by atoms with Crippen molar-refractivity contribution in [2.24, 2.45) is 5.73 Å². The van der Waals surface area contributed by atoms with Gasteiger partial charge in [0.05, 0.1) is 0 Å². The Hall–Kier alpha value is -1.33. The highest BCUT2D eigenvalue weighted by Gasteiger charge is 2.07. The highest BCUT2D eigenvalue weighted by atomic mass is 32.2. The normalized spacial score (nSPS) is 10.8. The largest absolute Gasteiger partial charge is 0.329 e. The van der Waals surface area contributed by atoms with E-state index in [2.05, 4.69) is 45.1 Å². The average Bonchev–Trinajstić information content (AvgIpc) is 2.78. The summed E-state index contributed by atoms with van der Waals surface area (Å²) in [6.07, 6.45) is 2.25. The van der Waals surface area contributed by atoms with Gasteiger partial charge in [-0.3, -0.25) is 0 Å². The number of thioether (sulfide) groups is 1. The van der Waals surface area contributed by atoms with Gasteiger partial charge in [0.15, 0.2) is 5.16 Å². The number of hydrogen-bond donors (Lipinski definition) is 1. The first-order valence-corrected chi connectivity index (χ1v) is 7.56. The minimum absolute atomic E-state index is 0.621. The maximum Gasteiger partial charge on any atom is 0.191 e. The summed E-state index contributed by atoms with van der Waals surface area (Å²) in [6, 6.07) is 10.6. The molecule has 4 nitrogen and oxygen atoms in total. The molecule has 1 aromatic carbocycles. The topological polar surface area (TPSA) is 56.7 Å². The van der Waals surface area contributed by atoms with Crippen LogP contribution in [0.5, 0.6) is 0 Å². The molecule has 5 heteroatoms. The first kappa shape index (κ1) is 14.1. The lowest BCUT2D eigenvalue weighted by molar-refractivity contribution is 0.627. The first-order valence-electron chi connectivity index (χ1n) is 6.58. The van der Waals surface area contributed by atoms with Gasteiger partial charge < -0.3 is 10.3 Å². The molecule has 0 amide bonds. The Kier molecular flexibility index (Phi) is 5.42. The third-order valence-corrected chi connectivity index (χ3v) is 3.99. The van der Waals surface area contributed by atoms with Crippen molar-refractivity contribution in [1.82, 2.24) is 14.8 Å². The van der Waals surface area contributed by atoms with Gasteiger partial charge in [0.1, 0.15) is 5.82 Å². The van der Waals surface area contributed by atoms with Crippen LogP contribution in [0.4, 0.5) is 0 Å². The Bertz CT molecular complexity index is 495. The van der Waals surface area contributed by atoms with Crippen molar-refractivity contribution in [3.63, 3.8) is 0 Å². The van der Waals surface area contributed by atoms with E-state index in [1.54, 1.807) is 11.8 Å². The molecule has 1 heterocycles. The molecule has 0 aliphatic heterocycles. The number of rotatable bonds is 7. The first-order chi connectivity index (χ1) is 9.31. The van der Waals surface area contributed by atoms with Crippen LogP contribution in [0, 0.1) is 6.92 Å². The molecule has 0 spiro atoms. The second-order valence-corrected chi connectivity index (χ2v) is 5.47. The summed E-state index contributed by atoms with van der Waals surface area (Å²) >= 11 is 1.76. The zero-order valence-corrected chi connectivity index (χ0v) is 12.1. The Balaban J connectivity index is 1.80. The molecular weight excluding hydrogens is 256 g/mol. The van der Waals surface area contributed by atoms with Gasteiger partial charge >= 0.3 is 0 Å². The van der Waals surface area contributed by atoms with Crippen LogP contribution in [0.1, 0.15) is 17.8 Å². The van der Waals surface area contributed by atoms with Gasteiger partial charge in [-0.05, 0) is 25.3 Å². The van der Waals surface area contributed by atoms with E-state index in [0.717, 1.165) is 36.1 Å². The van der Waals surface area contributed by atoms with E-state index in [0.29, 0.717) is 6.54 Å². The lowest BCUT2D eigenvalue weighted by atomic mass is 10.1. The summed E-state index contributed by atoms with van der Waals surface area (Å²) in [4.78, 5) is 0. The van der Waals surface area contributed by atoms with Gasteiger partial charge in [-0.15, -0.1) is 10.2 Å². The lowest BCUT2D eigenvalue weighted by Crippen LogP contribution is -2.12. The second-order valence-electron chi connectivity index (χ2n) is 4.41. The molecule has 102 valence electrons. The molecule has 0 saturated carbocycles. The number of aryl methyl sites for hydroxylation is 2. The van der Waals surface area contributed by atoms with E-state index in [-0.39, 0.29) is 0 Å². The number of aromatic nitrogens is 3. The fourth-order valence-corrected chi connectivity index (χ4v) is 2.89. The maximum absolute atomic E-state index is 5.60. The van der Waals surface area contributed by atoms with Crippen molar-refractivity contribution in [3.8, 4) is 0 Å². The van der Waals surface area contributed by atoms with Gasteiger partial charge in [-0.2, -0.15) is 0 Å². The van der Waals surface area contributed by atoms with E-state index >= 15 is 0 Å². The van der Waals surface area contributed by atoms with E-state index in [9.17, 15) is 0 Å². The molecule has 0 aliphatic rings. The van der Waals surface area contributed by atoms with Crippen molar-refractivity contribution < 1.29 is 0 Å². The van der Waals surface area contributed by atoms with E-state index < -0.39 is 0 Å². The van der Waals surface area contributed by atoms with Crippen LogP contribution in [0.15, 0.2) is 35.5 Å². The van der Waals surface area contributed by atoms with Crippen LogP contribution in [0.3, 0.4) is 0 Å². The second kappa shape index (κ2) is 7.31. The van der Waals surface area contributed by atoms with Crippen LogP contribution in [0.2, 0.25) is 0 Å². The molecule has 2 N–H and O–H groups in total. The number of benzene rings is 1. The Morgan fingerprint density at radius 2 is 2.00 bits per heavy atom. The van der Waals surface area contributed by atoms with Crippen molar-refractivity contribution in [3.05, 3.63) is 41.7 Å². The summed E-state index contributed by atoms with van der Waals surface area (Å²) in [6.45, 7) is 3.38. The Morgan fingerprint density at radius 1 is 1.21 bits per heavy atom. The third-order valence-electron chi connectivity index (χ3n) is 2.94. The Labute approximate surface area is 118 Å². The van der Waals surface area contributed by atoms with Crippen LogP contribution >= 0.6 is 11.8 Å². The van der Waals surface area contributed by atoms with Crippen LogP contribution in [0.25, 0.3) is 0 Å². The van der Waals surface area contributed by atoms with E-state index in [1.165, 1.54) is 5.56 Å². The minimum Gasteiger partial charge on any atom is -0.329 e. The quantitative estimate of drug-likeness (QED) is 0.622. The summed E-state index contributed by atoms with van der Waals surface area (Å²) in [7, 11) is 0. The molecule has 0 aliphatic carbocycles. The van der Waals surface area contributed by atoms with Crippen molar-refractivity contribution in [1.29, 1.82) is 0 Å². The van der Waals surface area contributed by atoms with Crippen molar-refractivity contribution in [2.75, 3.05) is 12.3 Å². The lowest BCUT2D eigenvalue weighted by Gasteiger charge is -2.06. The van der Waals surface area contributed by atoms with Crippen LogP contribution in [-0.2, 0) is 13.0 Å².